The molecule has 4 heteroatoms. The van der Waals surface area contributed by atoms with Gasteiger partial charge in [0.05, 0.1) is 0 Å². The molecule has 0 unspecified atom stereocenters. The van der Waals surface area contributed by atoms with E-state index < -0.39 is 0 Å². The van der Waals surface area contributed by atoms with Gasteiger partial charge in [0.1, 0.15) is 11.6 Å². The average molecular weight is 242 g/mol. The topological polar surface area (TPSA) is 55.1 Å². The van der Waals surface area contributed by atoms with Crippen LogP contribution in [-0.2, 0) is 0 Å². The summed E-state index contributed by atoms with van der Waals surface area (Å²) in [6.07, 6.45) is 4.19. The molecule has 2 heterocycles. The van der Waals surface area contributed by atoms with Crippen LogP contribution in [0.3, 0.4) is 0 Å². The summed E-state index contributed by atoms with van der Waals surface area (Å²) in [6, 6.07) is 7.37. The van der Waals surface area contributed by atoms with Crippen molar-refractivity contribution in [1.82, 2.24) is 4.98 Å². The van der Waals surface area contributed by atoms with E-state index >= 15 is 0 Å². The Morgan fingerprint density at radius 3 is 2.89 bits per heavy atom. The van der Waals surface area contributed by atoms with Crippen molar-refractivity contribution in [3.63, 3.8) is 0 Å². The second-order valence-electron chi connectivity index (χ2n) is 4.61. The van der Waals surface area contributed by atoms with Crippen LogP contribution >= 0.6 is 0 Å². The van der Waals surface area contributed by atoms with Gasteiger partial charge in [0.2, 0.25) is 0 Å². The van der Waals surface area contributed by atoms with Crippen LogP contribution in [-0.4, -0.2) is 10.9 Å². The lowest BCUT2D eigenvalue weighted by molar-refractivity contribution is 0.0995. The lowest BCUT2D eigenvalue weighted by Crippen LogP contribution is -2.12. The molecule has 3 rings (SSSR count). The number of furan rings is 1. The summed E-state index contributed by atoms with van der Waals surface area (Å²) in [5.41, 5.74) is 1.25. The van der Waals surface area contributed by atoms with Crippen molar-refractivity contribution in [2.45, 2.75) is 25.7 Å². The molecular formula is C14H14N2O2. The highest BCUT2D eigenvalue weighted by molar-refractivity contribution is 6.01. The Kier molecular flexibility index (Phi) is 2.63. The standard InChI is InChI=1S/C14H14N2O2/c1-9-2-5-12(18-9)14(17)16-13-8-11(6-7-15-13)10-3-4-10/h2,5-8,10H,3-4H2,1H3,(H,15,16,17). The van der Waals surface area contributed by atoms with E-state index in [9.17, 15) is 4.79 Å². The maximum absolute atomic E-state index is 11.9. The molecule has 1 amide bonds. The third-order valence-corrected chi connectivity index (χ3v) is 3.04. The monoisotopic (exact) mass is 242 g/mol. The smallest absolute Gasteiger partial charge is 0.292 e. The van der Waals surface area contributed by atoms with E-state index in [1.54, 1.807) is 18.3 Å². The van der Waals surface area contributed by atoms with E-state index in [0.717, 1.165) is 5.76 Å². The molecule has 0 saturated heterocycles. The largest absolute Gasteiger partial charge is 0.456 e. The predicted molar refractivity (Wildman–Crippen MR) is 67.6 cm³/mol. The van der Waals surface area contributed by atoms with Crippen LogP contribution < -0.4 is 5.32 Å². The van der Waals surface area contributed by atoms with Crippen molar-refractivity contribution < 1.29 is 9.21 Å². The third kappa shape index (κ3) is 2.27. The normalized spacial score (nSPS) is 14.5. The summed E-state index contributed by atoms with van der Waals surface area (Å²) in [5.74, 6) is 2.00. The van der Waals surface area contributed by atoms with Gasteiger partial charge in [-0.15, -0.1) is 0 Å². The van der Waals surface area contributed by atoms with E-state index in [0.29, 0.717) is 17.5 Å². The maximum atomic E-state index is 11.9. The summed E-state index contributed by atoms with van der Waals surface area (Å²) in [5, 5.41) is 2.75. The molecule has 1 aliphatic carbocycles. The van der Waals surface area contributed by atoms with Gasteiger partial charge in [-0.3, -0.25) is 4.79 Å². The molecule has 1 fully saturated rings. The lowest BCUT2D eigenvalue weighted by atomic mass is 10.2. The number of aromatic nitrogens is 1. The summed E-state index contributed by atoms with van der Waals surface area (Å²) in [7, 11) is 0. The van der Waals surface area contributed by atoms with Gasteiger partial charge in [0, 0.05) is 6.20 Å². The number of carbonyl (C=O) groups excluding carboxylic acids is 1. The Bertz CT molecular complexity index is 585. The van der Waals surface area contributed by atoms with Gasteiger partial charge in [0.25, 0.3) is 5.91 Å². The Balaban J connectivity index is 1.75. The summed E-state index contributed by atoms with van der Waals surface area (Å²) in [6.45, 7) is 1.81. The molecule has 0 aromatic carbocycles. The molecule has 0 radical (unpaired) electrons. The lowest BCUT2D eigenvalue weighted by Gasteiger charge is -2.04. The van der Waals surface area contributed by atoms with Crippen molar-refractivity contribution in [1.29, 1.82) is 0 Å². The summed E-state index contributed by atoms with van der Waals surface area (Å²) >= 11 is 0. The van der Waals surface area contributed by atoms with E-state index in [2.05, 4.69) is 10.3 Å². The number of amides is 1. The maximum Gasteiger partial charge on any atom is 0.292 e. The Hall–Kier alpha value is -2.10. The SMILES string of the molecule is Cc1ccc(C(=O)Nc2cc(C3CC3)ccn2)o1. The molecule has 0 aliphatic heterocycles. The van der Waals surface area contributed by atoms with Gasteiger partial charge in [-0.1, -0.05) is 0 Å². The van der Waals surface area contributed by atoms with Crippen molar-refractivity contribution >= 4 is 11.7 Å². The quantitative estimate of drug-likeness (QED) is 0.899. The van der Waals surface area contributed by atoms with Gasteiger partial charge in [-0.25, -0.2) is 4.98 Å². The highest BCUT2D eigenvalue weighted by atomic mass is 16.3. The zero-order valence-electron chi connectivity index (χ0n) is 10.1. The van der Waals surface area contributed by atoms with Crippen LogP contribution in [0.5, 0.6) is 0 Å². The highest BCUT2D eigenvalue weighted by Crippen LogP contribution is 2.40. The third-order valence-electron chi connectivity index (χ3n) is 3.04. The number of hydrogen-bond donors (Lipinski definition) is 1. The van der Waals surface area contributed by atoms with Crippen molar-refractivity contribution in [3.8, 4) is 0 Å². The molecule has 0 bridgehead atoms. The van der Waals surface area contributed by atoms with Crippen LogP contribution in [0, 0.1) is 6.92 Å². The molecule has 0 atom stereocenters. The highest BCUT2D eigenvalue weighted by Gasteiger charge is 2.23. The number of rotatable bonds is 3. The summed E-state index contributed by atoms with van der Waals surface area (Å²) in [4.78, 5) is 16.0. The molecule has 2 aromatic heterocycles. The van der Waals surface area contributed by atoms with Crippen molar-refractivity contribution in [3.05, 3.63) is 47.5 Å². The minimum atomic E-state index is -0.261. The molecule has 0 spiro atoms. The molecule has 1 aliphatic rings. The van der Waals surface area contributed by atoms with Crippen LogP contribution in [0.4, 0.5) is 5.82 Å². The molecule has 4 nitrogen and oxygen atoms in total. The van der Waals surface area contributed by atoms with Crippen LogP contribution in [0.1, 0.15) is 40.6 Å². The number of anilines is 1. The van der Waals surface area contributed by atoms with E-state index in [4.69, 9.17) is 4.42 Å². The van der Waals surface area contributed by atoms with E-state index in [1.165, 1.54) is 18.4 Å². The molecule has 92 valence electrons. The van der Waals surface area contributed by atoms with Crippen molar-refractivity contribution in [2.24, 2.45) is 0 Å². The average Bonchev–Trinajstić information content (AvgIpc) is 3.12. The molecule has 18 heavy (non-hydrogen) atoms. The van der Waals surface area contributed by atoms with Gasteiger partial charge >= 0.3 is 0 Å². The second kappa shape index (κ2) is 4.29. The number of carbonyl (C=O) groups is 1. The zero-order valence-corrected chi connectivity index (χ0v) is 10.1. The zero-order chi connectivity index (χ0) is 12.5. The fraction of sp³-hybridized carbons (Fsp3) is 0.286. The number of pyridine rings is 1. The molecule has 1 saturated carbocycles. The van der Waals surface area contributed by atoms with Crippen LogP contribution in [0.15, 0.2) is 34.9 Å². The van der Waals surface area contributed by atoms with Gasteiger partial charge < -0.3 is 9.73 Å². The van der Waals surface area contributed by atoms with Crippen LogP contribution in [0.2, 0.25) is 0 Å². The first kappa shape index (κ1) is 11.0. The fourth-order valence-electron chi connectivity index (χ4n) is 1.92. The Morgan fingerprint density at radius 2 is 2.22 bits per heavy atom. The number of nitrogens with zero attached hydrogens (tertiary/aromatic N) is 1. The number of hydrogen-bond acceptors (Lipinski definition) is 3. The molecule has 1 N–H and O–H groups in total. The molecular weight excluding hydrogens is 228 g/mol. The number of nitrogens with one attached hydrogen (secondary N) is 1. The predicted octanol–water partition coefficient (Wildman–Crippen LogP) is 3.11. The van der Waals surface area contributed by atoms with E-state index in [-0.39, 0.29) is 5.91 Å². The Labute approximate surface area is 105 Å². The van der Waals surface area contributed by atoms with Crippen molar-refractivity contribution in [2.75, 3.05) is 5.32 Å². The van der Waals surface area contributed by atoms with Crippen LogP contribution in [0.25, 0.3) is 0 Å². The summed E-state index contributed by atoms with van der Waals surface area (Å²) < 4.78 is 5.27. The first-order chi connectivity index (χ1) is 8.72. The first-order valence-corrected chi connectivity index (χ1v) is 6.06. The number of aryl methyl sites for hydroxylation is 1. The van der Waals surface area contributed by atoms with Gasteiger partial charge in [-0.05, 0) is 55.5 Å². The Morgan fingerprint density at radius 1 is 1.39 bits per heavy atom. The minimum Gasteiger partial charge on any atom is -0.456 e. The van der Waals surface area contributed by atoms with E-state index in [1.807, 2.05) is 19.1 Å². The van der Waals surface area contributed by atoms with Gasteiger partial charge in [-0.2, -0.15) is 0 Å². The molecule has 2 aromatic rings. The van der Waals surface area contributed by atoms with Gasteiger partial charge in [0.15, 0.2) is 5.76 Å². The minimum absolute atomic E-state index is 0.261. The second-order valence-corrected chi connectivity index (χ2v) is 4.61. The first-order valence-electron chi connectivity index (χ1n) is 6.06. The fourth-order valence-corrected chi connectivity index (χ4v) is 1.92.